The zero-order valence-corrected chi connectivity index (χ0v) is 71.2. The van der Waals surface area contributed by atoms with E-state index >= 15 is 0 Å². The summed E-state index contributed by atoms with van der Waals surface area (Å²) in [5.74, 6) is -3.48. The van der Waals surface area contributed by atoms with E-state index in [0.29, 0.717) is 39.9 Å². The van der Waals surface area contributed by atoms with E-state index < -0.39 is 181 Å². The normalized spacial score (nSPS) is 13.9. The zero-order valence-electron chi connectivity index (χ0n) is 71.2. The fraction of sp³-hybridized carbons (Fsp3) is 0.459. The number of hydrogen-bond donors (Lipinski definition) is 6. The number of aliphatic carboxylic acids is 2. The van der Waals surface area contributed by atoms with E-state index in [2.05, 4.69) is 20.7 Å². The number of rotatable bonds is 12. The Hall–Kier alpha value is -11.5. The summed E-state index contributed by atoms with van der Waals surface area (Å²) in [5.41, 5.74) is -3.23. The Labute approximate surface area is 704 Å². The number of ether oxygens (including phenoxy) is 4. The summed E-state index contributed by atoms with van der Waals surface area (Å²) >= 11 is 0. The highest BCUT2D eigenvalue weighted by molar-refractivity contribution is 6.05. The molecule has 0 radical (unpaired) electrons. The van der Waals surface area contributed by atoms with Crippen molar-refractivity contribution in [2.24, 2.45) is 11.7 Å². The van der Waals surface area contributed by atoms with Gasteiger partial charge in [0, 0.05) is 27.6 Å². The highest BCUT2D eigenvalue weighted by Crippen LogP contribution is 2.39. The molecule has 7 rings (SSSR count). The number of imide groups is 1. The fourth-order valence-corrected chi connectivity index (χ4v) is 9.53. The van der Waals surface area contributed by atoms with Crippen LogP contribution in [-0.2, 0) is 102 Å². The molecule has 686 valence electrons. The van der Waals surface area contributed by atoms with Crippen molar-refractivity contribution in [1.29, 1.82) is 10.5 Å². The predicted molar refractivity (Wildman–Crippen MR) is 416 cm³/mol. The van der Waals surface area contributed by atoms with Gasteiger partial charge in [0.05, 0.1) is 50.9 Å². The van der Waals surface area contributed by atoms with Crippen molar-refractivity contribution in [2.45, 2.75) is 244 Å². The van der Waals surface area contributed by atoms with Crippen molar-refractivity contribution in [3.05, 3.63) is 213 Å². The summed E-state index contributed by atoms with van der Waals surface area (Å²) in [4.78, 5) is 89.8. The van der Waals surface area contributed by atoms with Crippen LogP contribution in [0.4, 0.5) is 103 Å². The number of carbonyl (C=O) groups is 8. The monoisotopic (exact) mass is 1790 g/mol. The summed E-state index contributed by atoms with van der Waals surface area (Å²) in [7, 11) is 0. The maximum atomic E-state index is 12.7. The lowest BCUT2D eigenvalue weighted by molar-refractivity contribution is -0.142. The van der Waals surface area contributed by atoms with Gasteiger partial charge < -0.3 is 50.3 Å². The second-order valence-electron chi connectivity index (χ2n) is 33.1. The molecule has 124 heavy (non-hydrogen) atoms. The van der Waals surface area contributed by atoms with Crippen molar-refractivity contribution in [1.82, 2.24) is 16.0 Å². The van der Waals surface area contributed by atoms with Crippen LogP contribution >= 0.6 is 0 Å². The van der Waals surface area contributed by atoms with Gasteiger partial charge in [-0.05, 0) is 217 Å². The van der Waals surface area contributed by atoms with Gasteiger partial charge in [-0.3, -0.25) is 14.9 Å². The molecule has 6 aromatic carbocycles. The maximum absolute atomic E-state index is 12.7. The Balaban J connectivity index is 0.00000143. The number of nitrogens with zero attached hydrogens (tertiary/aromatic N) is 2. The van der Waals surface area contributed by atoms with Crippen LogP contribution in [-0.4, -0.2) is 93.7 Å². The average Bonchev–Trinajstić information content (AvgIpc) is 1.77. The number of benzene rings is 6. The van der Waals surface area contributed by atoms with E-state index in [-0.39, 0.29) is 5.92 Å². The number of halogens is 19. The number of nitrogens with two attached hydrogens (primary N) is 1. The molecule has 39 heteroatoms. The van der Waals surface area contributed by atoms with Crippen LogP contribution in [0.15, 0.2) is 146 Å². The maximum Gasteiger partial charge on any atom is 0.519 e. The van der Waals surface area contributed by atoms with Gasteiger partial charge in [-0.2, -0.15) is 89.6 Å². The number of nitriles is 2. The summed E-state index contributed by atoms with van der Waals surface area (Å²) in [6, 6.07) is 25.4. The Bertz CT molecular complexity index is 4540. The van der Waals surface area contributed by atoms with E-state index in [4.69, 9.17) is 35.6 Å². The highest BCUT2D eigenvalue weighted by atomic mass is 19.4. The SMILES string of the molecule is CC(C)(C#N)c1ccc(C(F)(F)F)cc1.CC(C)(C)OC(=O)NC(C(=O)O)C(C)(C)c1ccc(C(F)(F)F)cc1.CC(C)(C)OC(=O)OC(=O)OC(C)(C)C.CC(C)(C=O)c1ccc(C(F)(F)F)cc1.CC(C)(c1ccc(C(F)(F)F)cc1)C(N)C(=O)O.CC(C)(c1ccc(C(F)(F)F)cc1)C1NC(=O)NC1=O.CC(C)C#N.Fc1ccc(C(F)(F)F)cc1. The van der Waals surface area contributed by atoms with Gasteiger partial charge in [0.15, 0.2) is 0 Å². The van der Waals surface area contributed by atoms with E-state index in [0.717, 1.165) is 79.1 Å². The lowest BCUT2D eigenvalue weighted by Gasteiger charge is -2.33. The summed E-state index contributed by atoms with van der Waals surface area (Å²) in [6.07, 6.45) is -28.6. The number of alkyl carbamates (subject to hydrolysis) is 1. The quantitative estimate of drug-likeness (QED) is 0.0166. The number of carboxylic acids is 2. The first-order valence-electron chi connectivity index (χ1n) is 36.6. The third-order valence-corrected chi connectivity index (χ3v) is 16.9. The van der Waals surface area contributed by atoms with Gasteiger partial charge >= 0.3 is 73.4 Å². The lowest BCUT2D eigenvalue weighted by atomic mass is 9.77. The number of amides is 4. The molecule has 1 aliphatic heterocycles. The van der Waals surface area contributed by atoms with Crippen LogP contribution in [0.2, 0.25) is 0 Å². The number of aldehydes is 1. The number of carboxylic acid groups (broad SMARTS) is 2. The lowest BCUT2D eigenvalue weighted by Crippen LogP contribution is -2.53. The third kappa shape index (κ3) is 39.3. The van der Waals surface area contributed by atoms with Crippen LogP contribution < -0.4 is 21.7 Å². The van der Waals surface area contributed by atoms with Gasteiger partial charge in [-0.1, -0.05) is 102 Å². The van der Waals surface area contributed by atoms with E-state index in [1.54, 1.807) is 118 Å². The summed E-state index contributed by atoms with van der Waals surface area (Å²) in [6.45, 7) is 34.8. The molecule has 0 spiro atoms. The highest BCUT2D eigenvalue weighted by Gasteiger charge is 2.45. The molecule has 4 amide bonds. The molecule has 6 aromatic rings. The van der Waals surface area contributed by atoms with Crippen LogP contribution in [0.1, 0.15) is 207 Å². The average molecular weight is 1790 g/mol. The van der Waals surface area contributed by atoms with Crippen molar-refractivity contribution >= 4 is 48.6 Å². The first-order chi connectivity index (χ1) is 55.6. The third-order valence-electron chi connectivity index (χ3n) is 16.9. The number of carbonyl (C=O) groups excluding carboxylic acids is 6. The minimum absolute atomic E-state index is 0.190. The Kier molecular flexibility index (Phi) is 40.1. The van der Waals surface area contributed by atoms with Gasteiger partial charge in [0.1, 0.15) is 47.0 Å². The molecular formula is C85H99F19N6O14. The molecule has 0 saturated carbocycles. The molecule has 20 nitrogen and oxygen atoms in total. The fourth-order valence-electron chi connectivity index (χ4n) is 9.53. The molecule has 1 heterocycles. The molecule has 0 aliphatic carbocycles. The first kappa shape index (κ1) is 112. The van der Waals surface area contributed by atoms with E-state index in [1.165, 1.54) is 74.5 Å². The van der Waals surface area contributed by atoms with Crippen molar-refractivity contribution in [3.63, 3.8) is 0 Å². The van der Waals surface area contributed by atoms with Gasteiger partial charge in [-0.15, -0.1) is 0 Å². The van der Waals surface area contributed by atoms with Crippen LogP contribution in [0.5, 0.6) is 0 Å². The minimum atomic E-state index is -4.48. The summed E-state index contributed by atoms with van der Waals surface area (Å²) in [5, 5.41) is 41.9. The second-order valence-corrected chi connectivity index (χ2v) is 33.1. The molecule has 0 bridgehead atoms. The molecule has 3 unspecified atom stereocenters. The Morgan fingerprint density at radius 3 is 0.935 bits per heavy atom. The Morgan fingerprint density at radius 2 is 0.694 bits per heavy atom. The zero-order chi connectivity index (χ0) is 97.3. The number of urea groups is 1. The van der Waals surface area contributed by atoms with Crippen molar-refractivity contribution in [2.75, 3.05) is 0 Å². The minimum Gasteiger partial charge on any atom is -0.480 e. The molecule has 1 fully saturated rings. The smallest absolute Gasteiger partial charge is 0.480 e. The van der Waals surface area contributed by atoms with Crippen LogP contribution in [0, 0.1) is 34.4 Å². The second kappa shape index (κ2) is 44.2. The molecule has 1 aliphatic rings. The van der Waals surface area contributed by atoms with Gasteiger partial charge in [-0.25, -0.2) is 28.4 Å². The van der Waals surface area contributed by atoms with Gasteiger partial charge in [0.25, 0.3) is 5.91 Å². The number of nitrogens with one attached hydrogen (secondary N) is 3. The Morgan fingerprint density at radius 1 is 0.427 bits per heavy atom. The largest absolute Gasteiger partial charge is 0.519 e. The number of hydrogen-bond acceptors (Lipinski definition) is 15. The standard InChI is InChI=1S/C17H22F3NO4.C13H13F3N2O2.C12H14F3NO2.C11H10F3N.C11H11F3O.C10H18O5.C7H4F4.C4H7N/c1-15(2,3)25-14(24)21-12(13(22)23)16(4,5)10-6-8-11(9-7-10)17(18,19)20;1-12(2,9-10(19)18-11(20)17-9)7-3-5-8(6-4-7)13(14,15)16;1-11(2,9(16)10(17)18)7-3-5-8(6-4-7)12(13,14)15;2*1-10(2,7-15)8-3-5-9(6-4-8)11(12,13)14;1-9(2,3)14-7(11)13-8(12)15-10(4,5)6;8-6-3-1-5(2-4-6)7(9,10)11;1-4(2)3-5/h6-9,12H,1-5H3,(H,21,24)(H,22,23);3-6,9H,1-2H3,(H2,17,18,19,20);3-6,9H,16H2,1-2H3,(H,17,18);3-6H,1-2H3;3-7H,1-2H3;1-6H3;1-4H;4H,1-2H3. The van der Waals surface area contributed by atoms with Crippen LogP contribution in [0.3, 0.4) is 0 Å². The van der Waals surface area contributed by atoms with Crippen molar-refractivity contribution in [3.8, 4) is 12.1 Å². The molecule has 1 saturated heterocycles. The molecular weight excluding hydrogens is 1690 g/mol. The van der Waals surface area contributed by atoms with Crippen molar-refractivity contribution < 1.29 is 151 Å². The topological polar surface area (TPSA) is 324 Å². The molecule has 0 aromatic heterocycles. The van der Waals surface area contributed by atoms with E-state index in [1.807, 2.05) is 26.0 Å². The number of alkyl halides is 18. The van der Waals surface area contributed by atoms with Gasteiger partial charge in [0.2, 0.25) is 0 Å². The summed E-state index contributed by atoms with van der Waals surface area (Å²) < 4.78 is 252. The first-order valence-corrected chi connectivity index (χ1v) is 36.6. The van der Waals surface area contributed by atoms with Crippen LogP contribution in [0.25, 0.3) is 0 Å². The van der Waals surface area contributed by atoms with E-state index in [9.17, 15) is 127 Å². The molecule has 3 atom stereocenters. The molecule has 7 N–H and O–H groups in total. The predicted octanol–water partition coefficient (Wildman–Crippen LogP) is 22.1.